The Balaban J connectivity index is 1.68. The van der Waals surface area contributed by atoms with Crippen molar-refractivity contribution in [2.45, 2.75) is 32.4 Å². The lowest BCUT2D eigenvalue weighted by molar-refractivity contribution is -0.119. The molecule has 0 radical (unpaired) electrons. The van der Waals surface area contributed by atoms with Crippen molar-refractivity contribution in [2.24, 2.45) is 4.99 Å². The minimum atomic E-state index is -0.389. The summed E-state index contributed by atoms with van der Waals surface area (Å²) in [5.41, 5.74) is 1.80. The van der Waals surface area contributed by atoms with Gasteiger partial charge >= 0.3 is 0 Å². The van der Waals surface area contributed by atoms with Crippen LogP contribution in [0.15, 0.2) is 53.5 Å². The third-order valence-corrected chi connectivity index (χ3v) is 4.55. The zero-order chi connectivity index (χ0) is 21.3. The van der Waals surface area contributed by atoms with Crippen molar-refractivity contribution >= 4 is 23.5 Å². The molecule has 3 N–H and O–H groups in total. The quantitative estimate of drug-likeness (QED) is 0.503. The van der Waals surface area contributed by atoms with E-state index in [1.165, 1.54) is 19.1 Å². The lowest BCUT2D eigenvalue weighted by Gasteiger charge is -2.13. The number of nitrogens with one attached hydrogen (secondary N) is 3. The number of carbonyl (C=O) groups excluding carboxylic acids is 2. The van der Waals surface area contributed by atoms with Gasteiger partial charge in [0, 0.05) is 31.3 Å². The molecular weight excluding hydrogens is 387 g/mol. The van der Waals surface area contributed by atoms with Crippen molar-refractivity contribution < 1.29 is 18.7 Å². The second-order valence-corrected chi connectivity index (χ2v) is 7.02. The van der Waals surface area contributed by atoms with Crippen LogP contribution in [0.4, 0.5) is 10.1 Å². The van der Waals surface area contributed by atoms with Crippen molar-refractivity contribution in [1.82, 2.24) is 10.6 Å². The van der Waals surface area contributed by atoms with Crippen molar-refractivity contribution in [3.63, 3.8) is 0 Å². The Morgan fingerprint density at radius 1 is 1.20 bits per heavy atom. The fourth-order valence-corrected chi connectivity index (χ4v) is 2.97. The Labute approximate surface area is 174 Å². The van der Waals surface area contributed by atoms with Crippen LogP contribution in [0.2, 0.25) is 0 Å². The van der Waals surface area contributed by atoms with Crippen LogP contribution in [-0.4, -0.2) is 37.0 Å². The first-order valence-corrected chi connectivity index (χ1v) is 9.83. The molecule has 1 aliphatic heterocycles. The van der Waals surface area contributed by atoms with E-state index in [4.69, 9.17) is 4.74 Å². The zero-order valence-corrected chi connectivity index (χ0v) is 16.8. The number of anilines is 1. The molecule has 7 nitrogen and oxygen atoms in total. The van der Waals surface area contributed by atoms with Gasteiger partial charge in [0.1, 0.15) is 5.82 Å². The second kappa shape index (κ2) is 10.5. The number of guanidine groups is 1. The van der Waals surface area contributed by atoms with Gasteiger partial charge in [-0.2, -0.15) is 0 Å². The Kier molecular flexibility index (Phi) is 7.51. The molecule has 2 amide bonds. The zero-order valence-electron chi connectivity index (χ0n) is 16.8. The molecule has 1 aliphatic rings. The Hall–Kier alpha value is -3.26. The summed E-state index contributed by atoms with van der Waals surface area (Å²) in [5, 5.41) is 8.42. The Bertz CT molecular complexity index is 909. The minimum absolute atomic E-state index is 0.0132. The van der Waals surface area contributed by atoms with Crippen LogP contribution in [0, 0.1) is 5.82 Å². The van der Waals surface area contributed by atoms with Crippen LogP contribution >= 0.6 is 0 Å². The number of halogens is 1. The molecule has 1 saturated heterocycles. The van der Waals surface area contributed by atoms with E-state index < -0.39 is 0 Å². The first-order valence-electron chi connectivity index (χ1n) is 9.83. The predicted molar refractivity (Wildman–Crippen MR) is 113 cm³/mol. The maximum atomic E-state index is 13.5. The summed E-state index contributed by atoms with van der Waals surface area (Å²) in [6.45, 7) is 2.95. The number of amides is 2. The Morgan fingerprint density at radius 2 is 2.00 bits per heavy atom. The molecule has 0 aliphatic carbocycles. The maximum absolute atomic E-state index is 13.5. The molecule has 158 valence electrons. The first kappa shape index (κ1) is 21.4. The van der Waals surface area contributed by atoms with E-state index in [9.17, 15) is 14.0 Å². The van der Waals surface area contributed by atoms with E-state index in [-0.39, 0.29) is 29.7 Å². The van der Waals surface area contributed by atoms with Crippen LogP contribution in [-0.2, 0) is 16.1 Å². The lowest BCUT2D eigenvalue weighted by atomic mass is 10.1. The molecule has 2 aromatic rings. The molecule has 1 atom stereocenters. The van der Waals surface area contributed by atoms with E-state index in [0.717, 1.165) is 18.4 Å². The van der Waals surface area contributed by atoms with E-state index >= 15 is 0 Å². The van der Waals surface area contributed by atoms with Crippen LogP contribution in [0.5, 0.6) is 0 Å². The molecule has 30 heavy (non-hydrogen) atoms. The molecule has 0 unspecified atom stereocenters. The summed E-state index contributed by atoms with van der Waals surface area (Å²) in [5.74, 6) is -0.633. The average Bonchev–Trinajstić information content (AvgIpc) is 3.24. The average molecular weight is 412 g/mol. The highest BCUT2D eigenvalue weighted by molar-refractivity contribution is 6.09. The van der Waals surface area contributed by atoms with Gasteiger partial charge in [0.2, 0.25) is 11.9 Å². The van der Waals surface area contributed by atoms with Gasteiger partial charge in [-0.3, -0.25) is 14.9 Å². The van der Waals surface area contributed by atoms with Crippen LogP contribution in [0.3, 0.4) is 0 Å². The number of hydrogen-bond donors (Lipinski definition) is 3. The SMILES string of the molecule is CC(=O)NCc1ccc(C(=O)NC(=NC[C@H]2CCCO2)Nc2cccc(F)c2)cc1. The number of rotatable bonds is 6. The topological polar surface area (TPSA) is 91.8 Å². The van der Waals surface area contributed by atoms with Gasteiger partial charge in [-0.05, 0) is 48.7 Å². The number of ether oxygens (including phenoxy) is 1. The van der Waals surface area contributed by atoms with Crippen LogP contribution in [0.25, 0.3) is 0 Å². The molecule has 0 spiro atoms. The lowest BCUT2D eigenvalue weighted by Crippen LogP contribution is -2.36. The first-order chi connectivity index (χ1) is 14.5. The summed E-state index contributed by atoms with van der Waals surface area (Å²) in [6.07, 6.45) is 1.92. The summed E-state index contributed by atoms with van der Waals surface area (Å²) in [6, 6.07) is 12.8. The third kappa shape index (κ3) is 6.66. The number of hydrogen-bond acceptors (Lipinski definition) is 4. The molecule has 8 heteroatoms. The standard InChI is InChI=1S/C22H25FN4O3/c1-15(28)24-13-16-7-9-17(10-8-16)21(29)27-22(25-14-20-6-3-11-30-20)26-19-5-2-4-18(23)12-19/h2,4-5,7-10,12,20H,3,6,11,13-14H2,1H3,(H,24,28)(H2,25,26,27,29)/t20-/m1/s1. The van der Waals surface area contributed by atoms with E-state index in [1.807, 2.05) is 0 Å². The van der Waals surface area contributed by atoms with E-state index in [2.05, 4.69) is 20.9 Å². The monoisotopic (exact) mass is 412 g/mol. The largest absolute Gasteiger partial charge is 0.376 e. The van der Waals surface area contributed by atoms with E-state index in [0.29, 0.717) is 30.9 Å². The van der Waals surface area contributed by atoms with Crippen molar-refractivity contribution in [1.29, 1.82) is 0 Å². The van der Waals surface area contributed by atoms with Gasteiger partial charge in [-0.15, -0.1) is 0 Å². The number of benzene rings is 2. The van der Waals surface area contributed by atoms with Gasteiger partial charge in [0.05, 0.1) is 12.6 Å². The van der Waals surface area contributed by atoms with Gasteiger partial charge < -0.3 is 15.4 Å². The Morgan fingerprint density at radius 3 is 2.67 bits per heavy atom. The highest BCUT2D eigenvalue weighted by Gasteiger charge is 2.16. The summed E-state index contributed by atoms with van der Waals surface area (Å²) >= 11 is 0. The fraction of sp³-hybridized carbons (Fsp3) is 0.318. The molecule has 0 bridgehead atoms. The number of carbonyl (C=O) groups is 2. The molecule has 1 fully saturated rings. The van der Waals surface area contributed by atoms with E-state index in [1.54, 1.807) is 36.4 Å². The molecule has 3 rings (SSSR count). The van der Waals surface area contributed by atoms with Gasteiger partial charge in [0.15, 0.2) is 0 Å². The van der Waals surface area contributed by atoms with Crippen molar-refractivity contribution in [2.75, 3.05) is 18.5 Å². The van der Waals surface area contributed by atoms with Gasteiger partial charge in [0.25, 0.3) is 5.91 Å². The number of aliphatic imine (C=N–C) groups is 1. The van der Waals surface area contributed by atoms with Crippen LogP contribution < -0.4 is 16.0 Å². The summed E-state index contributed by atoms with van der Waals surface area (Å²) < 4.78 is 19.1. The van der Waals surface area contributed by atoms with Crippen LogP contribution in [0.1, 0.15) is 35.7 Å². The summed E-state index contributed by atoms with van der Waals surface area (Å²) in [4.78, 5) is 28.1. The van der Waals surface area contributed by atoms with Gasteiger partial charge in [-0.1, -0.05) is 18.2 Å². The highest BCUT2D eigenvalue weighted by Crippen LogP contribution is 2.13. The fourth-order valence-electron chi connectivity index (χ4n) is 2.97. The summed E-state index contributed by atoms with van der Waals surface area (Å²) in [7, 11) is 0. The molecular formula is C22H25FN4O3. The maximum Gasteiger partial charge on any atom is 0.257 e. The minimum Gasteiger partial charge on any atom is -0.376 e. The molecule has 0 saturated carbocycles. The molecule has 2 aromatic carbocycles. The smallest absolute Gasteiger partial charge is 0.257 e. The normalized spacial score (nSPS) is 16.2. The third-order valence-electron chi connectivity index (χ3n) is 4.55. The molecule has 1 heterocycles. The predicted octanol–water partition coefficient (Wildman–Crippen LogP) is 2.84. The van der Waals surface area contributed by atoms with Gasteiger partial charge in [-0.25, -0.2) is 9.38 Å². The van der Waals surface area contributed by atoms with Crippen molar-refractivity contribution in [3.8, 4) is 0 Å². The second-order valence-electron chi connectivity index (χ2n) is 7.02. The highest BCUT2D eigenvalue weighted by atomic mass is 19.1. The molecule has 0 aromatic heterocycles. The van der Waals surface area contributed by atoms with Crippen molar-refractivity contribution in [3.05, 3.63) is 65.5 Å². The number of nitrogens with zero attached hydrogens (tertiary/aromatic N) is 1.